The van der Waals surface area contributed by atoms with E-state index in [1.165, 1.54) is 0 Å². The van der Waals surface area contributed by atoms with E-state index < -0.39 is 48.0 Å². The van der Waals surface area contributed by atoms with E-state index in [2.05, 4.69) is 20.7 Å². The van der Waals surface area contributed by atoms with Gasteiger partial charge < -0.3 is 19.7 Å². The fraction of sp³-hybridized carbons (Fsp3) is 0.700. The van der Waals surface area contributed by atoms with E-state index in [0.29, 0.717) is 0 Å². The lowest BCUT2D eigenvalue weighted by molar-refractivity contribution is -0.164. The van der Waals surface area contributed by atoms with Gasteiger partial charge in [0.25, 0.3) is 0 Å². The van der Waals surface area contributed by atoms with Gasteiger partial charge in [-0.3, -0.25) is 14.4 Å². The molecule has 8 heteroatoms. The Kier molecular flexibility index (Phi) is 6.85. The molecule has 1 atom stereocenters. The van der Waals surface area contributed by atoms with Crippen LogP contribution in [0.25, 0.3) is 0 Å². The van der Waals surface area contributed by atoms with E-state index in [1.807, 2.05) is 0 Å². The Balaban J connectivity index is 4.17. The van der Waals surface area contributed by atoms with Gasteiger partial charge in [0.2, 0.25) is 0 Å². The van der Waals surface area contributed by atoms with Crippen molar-refractivity contribution in [1.29, 1.82) is 0 Å². The maximum atomic E-state index is 11.4. The molecule has 0 aromatic rings. The number of alkyl halides is 1. The predicted octanol–water partition coefficient (Wildman–Crippen LogP) is 0.0819. The minimum absolute atomic E-state index is 0.391. The summed E-state index contributed by atoms with van der Waals surface area (Å²) in [5.74, 6) is -2.91. The van der Waals surface area contributed by atoms with Crippen LogP contribution in [0.4, 0.5) is 0 Å². The molecule has 0 aromatic heterocycles. The standard InChI is InChI=1S/C10H15BrO7/c1-10(2,11)9(16)18-6(4-12)5-17-8(15)3-7(13)14/h6,12H,3-5H2,1-2H3,(H,13,14). The number of aliphatic hydroxyl groups is 1. The molecule has 0 aliphatic heterocycles. The van der Waals surface area contributed by atoms with Gasteiger partial charge in [-0.1, -0.05) is 15.9 Å². The maximum absolute atomic E-state index is 11.4. The van der Waals surface area contributed by atoms with Crippen LogP contribution in [-0.2, 0) is 23.9 Å². The first-order valence-corrected chi connectivity index (χ1v) is 5.84. The number of aliphatic hydroxyl groups excluding tert-OH is 1. The maximum Gasteiger partial charge on any atom is 0.322 e. The molecule has 0 saturated heterocycles. The van der Waals surface area contributed by atoms with E-state index in [1.54, 1.807) is 13.8 Å². The highest BCUT2D eigenvalue weighted by Gasteiger charge is 2.28. The normalized spacial score (nSPS) is 12.7. The van der Waals surface area contributed by atoms with Crippen molar-refractivity contribution in [1.82, 2.24) is 0 Å². The molecule has 0 bridgehead atoms. The van der Waals surface area contributed by atoms with Crippen LogP contribution in [-0.4, -0.2) is 51.8 Å². The Morgan fingerprint density at radius 3 is 2.28 bits per heavy atom. The number of hydrogen-bond donors (Lipinski definition) is 2. The average molecular weight is 327 g/mol. The molecule has 0 radical (unpaired) electrons. The molecule has 0 aliphatic carbocycles. The first-order chi connectivity index (χ1) is 8.16. The highest BCUT2D eigenvalue weighted by molar-refractivity contribution is 9.10. The van der Waals surface area contributed by atoms with Gasteiger partial charge in [0.1, 0.15) is 17.4 Å². The Labute approximate surface area is 112 Å². The summed E-state index contributed by atoms with van der Waals surface area (Å²) in [4.78, 5) is 32.6. The zero-order valence-electron chi connectivity index (χ0n) is 10.0. The van der Waals surface area contributed by atoms with Gasteiger partial charge in [-0.15, -0.1) is 0 Å². The summed E-state index contributed by atoms with van der Waals surface area (Å²) in [6.07, 6.45) is -1.80. The van der Waals surface area contributed by atoms with E-state index in [-0.39, 0.29) is 0 Å². The minimum atomic E-state index is -1.32. The molecule has 0 amide bonds. The van der Waals surface area contributed by atoms with Crippen LogP contribution in [0.5, 0.6) is 0 Å². The average Bonchev–Trinajstić information content (AvgIpc) is 2.21. The number of esters is 2. The summed E-state index contributed by atoms with van der Waals surface area (Å²) in [7, 11) is 0. The van der Waals surface area contributed by atoms with Crippen molar-refractivity contribution in [2.45, 2.75) is 30.7 Å². The van der Waals surface area contributed by atoms with Crippen molar-refractivity contribution in [3.8, 4) is 0 Å². The van der Waals surface area contributed by atoms with Crippen molar-refractivity contribution >= 4 is 33.8 Å². The number of carbonyl (C=O) groups is 3. The Hall–Kier alpha value is -1.15. The van der Waals surface area contributed by atoms with Gasteiger partial charge >= 0.3 is 17.9 Å². The zero-order chi connectivity index (χ0) is 14.3. The van der Waals surface area contributed by atoms with Crippen molar-refractivity contribution in [2.24, 2.45) is 0 Å². The third-order valence-corrected chi connectivity index (χ3v) is 2.01. The lowest BCUT2D eigenvalue weighted by Crippen LogP contribution is -2.35. The molecule has 7 nitrogen and oxygen atoms in total. The number of carboxylic acids is 1. The summed E-state index contributed by atoms with van der Waals surface area (Å²) in [6, 6.07) is 0. The number of carbonyl (C=O) groups excluding carboxylic acids is 2. The van der Waals surface area contributed by atoms with Gasteiger partial charge in [0, 0.05) is 0 Å². The van der Waals surface area contributed by atoms with Gasteiger partial charge in [0.15, 0.2) is 6.10 Å². The molecule has 0 rings (SSSR count). The number of ether oxygens (including phenoxy) is 2. The van der Waals surface area contributed by atoms with E-state index in [9.17, 15) is 14.4 Å². The molecule has 0 aromatic carbocycles. The van der Waals surface area contributed by atoms with Crippen LogP contribution >= 0.6 is 15.9 Å². The Morgan fingerprint density at radius 1 is 1.33 bits per heavy atom. The predicted molar refractivity (Wildman–Crippen MR) is 63.2 cm³/mol. The summed E-state index contributed by atoms with van der Waals surface area (Å²) in [6.45, 7) is 2.19. The summed E-state index contributed by atoms with van der Waals surface area (Å²) < 4.78 is 8.48. The number of carboxylic acid groups (broad SMARTS) is 1. The van der Waals surface area contributed by atoms with Crippen LogP contribution in [0.2, 0.25) is 0 Å². The summed E-state index contributed by atoms with van der Waals surface area (Å²) in [5.41, 5.74) is 0. The van der Waals surface area contributed by atoms with Crippen molar-refractivity contribution < 1.29 is 34.1 Å². The van der Waals surface area contributed by atoms with Crippen molar-refractivity contribution in [2.75, 3.05) is 13.2 Å². The molecule has 0 saturated carbocycles. The lowest BCUT2D eigenvalue weighted by Gasteiger charge is -2.20. The number of aliphatic carboxylic acids is 1. The molecule has 1 unspecified atom stereocenters. The molecule has 0 aliphatic rings. The number of hydrogen-bond acceptors (Lipinski definition) is 6. The SMILES string of the molecule is CC(C)(Br)C(=O)OC(CO)COC(=O)CC(=O)O. The fourth-order valence-corrected chi connectivity index (χ4v) is 0.869. The second-order valence-corrected chi connectivity index (χ2v) is 5.92. The van der Waals surface area contributed by atoms with Crippen LogP contribution in [0.15, 0.2) is 0 Å². The molecule has 0 heterocycles. The number of halogens is 1. The fourth-order valence-electron chi connectivity index (χ4n) is 0.776. The van der Waals surface area contributed by atoms with E-state index in [0.717, 1.165) is 0 Å². The molecule has 104 valence electrons. The Bertz CT molecular complexity index is 321. The zero-order valence-corrected chi connectivity index (χ0v) is 11.6. The first kappa shape index (κ1) is 16.9. The monoisotopic (exact) mass is 326 g/mol. The quantitative estimate of drug-likeness (QED) is 0.387. The van der Waals surface area contributed by atoms with Gasteiger partial charge in [-0.2, -0.15) is 0 Å². The topological polar surface area (TPSA) is 110 Å². The molecule has 2 N–H and O–H groups in total. The third kappa shape index (κ3) is 7.23. The van der Waals surface area contributed by atoms with E-state index >= 15 is 0 Å². The van der Waals surface area contributed by atoms with Gasteiger partial charge in [-0.05, 0) is 13.8 Å². The van der Waals surface area contributed by atoms with Crippen LogP contribution in [0, 0.1) is 0 Å². The largest absolute Gasteiger partial charge is 0.481 e. The molecule has 18 heavy (non-hydrogen) atoms. The third-order valence-electron chi connectivity index (χ3n) is 1.69. The minimum Gasteiger partial charge on any atom is -0.481 e. The lowest BCUT2D eigenvalue weighted by atomic mass is 10.2. The van der Waals surface area contributed by atoms with Crippen molar-refractivity contribution in [3.05, 3.63) is 0 Å². The van der Waals surface area contributed by atoms with Crippen molar-refractivity contribution in [3.63, 3.8) is 0 Å². The van der Waals surface area contributed by atoms with Crippen LogP contribution in [0.1, 0.15) is 20.3 Å². The Morgan fingerprint density at radius 2 is 1.89 bits per heavy atom. The van der Waals surface area contributed by atoms with Gasteiger partial charge in [0.05, 0.1) is 6.61 Å². The molecular formula is C10H15BrO7. The van der Waals surface area contributed by atoms with Crippen LogP contribution < -0.4 is 0 Å². The summed E-state index contributed by atoms with van der Waals surface area (Å²) in [5, 5.41) is 17.3. The molecule has 0 spiro atoms. The van der Waals surface area contributed by atoms with Crippen LogP contribution in [0.3, 0.4) is 0 Å². The smallest absolute Gasteiger partial charge is 0.322 e. The molecule has 0 fully saturated rings. The number of rotatable bonds is 7. The first-order valence-electron chi connectivity index (χ1n) is 5.05. The second kappa shape index (κ2) is 7.32. The highest BCUT2D eigenvalue weighted by Crippen LogP contribution is 2.18. The van der Waals surface area contributed by atoms with E-state index in [4.69, 9.17) is 14.9 Å². The summed E-state index contributed by atoms with van der Waals surface area (Å²) >= 11 is 3.07. The molecular weight excluding hydrogens is 312 g/mol. The van der Waals surface area contributed by atoms with Gasteiger partial charge in [-0.25, -0.2) is 0 Å². The highest BCUT2D eigenvalue weighted by atomic mass is 79.9. The second-order valence-electron chi connectivity index (χ2n) is 3.94.